The molecule has 4 rings (SSSR count). The highest BCUT2D eigenvalue weighted by Crippen LogP contribution is 2.31. The number of carbonyl (C=O) groups is 4. The van der Waals surface area contributed by atoms with Crippen molar-refractivity contribution in [2.45, 2.75) is 24.9 Å². The number of nitrogens with zero attached hydrogens (tertiary/aromatic N) is 3. The van der Waals surface area contributed by atoms with Gasteiger partial charge in [-0.1, -0.05) is 0 Å². The first kappa shape index (κ1) is 21.5. The standard InChI is InChI=1S/C22H21N3O7/c1-31-15-7-3-13(4-8-15)23-19(26)11-17(21(23)28)25(30)18-12-20(27)24(22(18)29)14-5-9-16(32-2)10-6-14/h3-10,17-18,30H,11-12H2,1-2H3/t17-,18+. The van der Waals surface area contributed by atoms with Gasteiger partial charge in [0, 0.05) is 0 Å². The molecule has 2 fully saturated rings. The Kier molecular flexibility index (Phi) is 5.64. The Bertz CT molecular complexity index is 982. The van der Waals surface area contributed by atoms with E-state index in [0.29, 0.717) is 27.9 Å². The molecule has 0 unspecified atom stereocenters. The van der Waals surface area contributed by atoms with Gasteiger partial charge in [-0.25, -0.2) is 9.80 Å². The van der Waals surface area contributed by atoms with Gasteiger partial charge in [0.05, 0.1) is 38.4 Å². The van der Waals surface area contributed by atoms with Crippen LogP contribution in [0, 0.1) is 0 Å². The molecule has 2 aliphatic rings. The Hall–Kier alpha value is -3.76. The molecule has 2 aromatic carbocycles. The molecule has 32 heavy (non-hydrogen) atoms. The fourth-order valence-electron chi connectivity index (χ4n) is 3.87. The van der Waals surface area contributed by atoms with Crippen LogP contribution in [0.1, 0.15) is 12.8 Å². The third kappa shape index (κ3) is 3.59. The smallest absolute Gasteiger partial charge is 0.254 e. The van der Waals surface area contributed by atoms with Crippen molar-refractivity contribution in [3.05, 3.63) is 48.5 Å². The summed E-state index contributed by atoms with van der Waals surface area (Å²) in [4.78, 5) is 52.8. The highest BCUT2D eigenvalue weighted by molar-refractivity contribution is 6.24. The molecule has 4 amide bonds. The molecule has 0 saturated carbocycles. The van der Waals surface area contributed by atoms with Gasteiger partial charge in [-0.2, -0.15) is 5.06 Å². The third-order valence-corrected chi connectivity index (χ3v) is 5.55. The van der Waals surface area contributed by atoms with E-state index in [-0.39, 0.29) is 12.8 Å². The first-order valence-corrected chi connectivity index (χ1v) is 9.84. The largest absolute Gasteiger partial charge is 0.497 e. The van der Waals surface area contributed by atoms with E-state index in [0.717, 1.165) is 9.80 Å². The van der Waals surface area contributed by atoms with Crippen molar-refractivity contribution in [3.8, 4) is 11.5 Å². The zero-order chi connectivity index (χ0) is 23.0. The van der Waals surface area contributed by atoms with Crippen LogP contribution in [0.4, 0.5) is 11.4 Å². The lowest BCUT2D eigenvalue weighted by molar-refractivity contribution is -0.172. The van der Waals surface area contributed by atoms with Gasteiger partial charge in [0.2, 0.25) is 11.8 Å². The zero-order valence-corrected chi connectivity index (χ0v) is 17.4. The Labute approximate surface area is 183 Å². The summed E-state index contributed by atoms with van der Waals surface area (Å²) in [5, 5.41) is 11.2. The van der Waals surface area contributed by atoms with Gasteiger partial charge in [0.25, 0.3) is 11.8 Å². The average molecular weight is 439 g/mol. The predicted molar refractivity (Wildman–Crippen MR) is 111 cm³/mol. The van der Waals surface area contributed by atoms with E-state index in [1.807, 2.05) is 0 Å². The Morgan fingerprint density at radius 3 is 1.38 bits per heavy atom. The molecule has 10 nitrogen and oxygen atoms in total. The molecule has 2 aliphatic heterocycles. The van der Waals surface area contributed by atoms with Crippen molar-refractivity contribution in [1.29, 1.82) is 0 Å². The van der Waals surface area contributed by atoms with Gasteiger partial charge >= 0.3 is 0 Å². The fourth-order valence-corrected chi connectivity index (χ4v) is 3.87. The van der Waals surface area contributed by atoms with E-state index in [9.17, 15) is 24.4 Å². The summed E-state index contributed by atoms with van der Waals surface area (Å²) in [7, 11) is 2.99. The lowest BCUT2D eigenvalue weighted by atomic mass is 10.1. The third-order valence-electron chi connectivity index (χ3n) is 5.55. The topological polar surface area (TPSA) is 117 Å². The maximum atomic E-state index is 12.9. The van der Waals surface area contributed by atoms with E-state index >= 15 is 0 Å². The highest BCUT2D eigenvalue weighted by Gasteiger charge is 2.50. The normalized spacial score (nSPS) is 21.1. The SMILES string of the molecule is COc1ccc(N2C(=O)C[C@@H](N(O)[C@H]3CC(=O)N(c4ccc(OC)cc4)C3=O)C2=O)cc1. The predicted octanol–water partition coefficient (Wildman–Crippen LogP) is 1.36. The molecule has 0 aromatic heterocycles. The molecular formula is C22H21N3O7. The first-order valence-electron chi connectivity index (χ1n) is 9.84. The molecule has 2 heterocycles. The molecule has 0 bridgehead atoms. The molecule has 2 atom stereocenters. The Morgan fingerprint density at radius 1 is 0.719 bits per heavy atom. The number of ether oxygens (including phenoxy) is 2. The maximum absolute atomic E-state index is 12.9. The molecule has 0 aliphatic carbocycles. The van der Waals surface area contributed by atoms with Gasteiger partial charge in [-0.3, -0.25) is 19.2 Å². The second-order valence-corrected chi connectivity index (χ2v) is 7.35. The number of anilines is 2. The van der Waals surface area contributed by atoms with Crippen molar-refractivity contribution in [2.75, 3.05) is 24.0 Å². The molecule has 0 radical (unpaired) electrons. The maximum Gasteiger partial charge on any atom is 0.254 e. The van der Waals surface area contributed by atoms with Gasteiger partial charge in [-0.15, -0.1) is 0 Å². The van der Waals surface area contributed by atoms with Crippen molar-refractivity contribution in [2.24, 2.45) is 0 Å². The first-order chi connectivity index (χ1) is 15.3. The summed E-state index contributed by atoms with van der Waals surface area (Å²) < 4.78 is 10.2. The number of amides is 4. The van der Waals surface area contributed by atoms with Crippen LogP contribution < -0.4 is 19.3 Å². The average Bonchev–Trinajstić information content (AvgIpc) is 3.27. The number of imide groups is 2. The van der Waals surface area contributed by atoms with E-state index in [2.05, 4.69) is 0 Å². The van der Waals surface area contributed by atoms with Crippen LogP contribution in [0.15, 0.2) is 48.5 Å². The lowest BCUT2D eigenvalue weighted by Gasteiger charge is -2.25. The van der Waals surface area contributed by atoms with Crippen LogP contribution in [0.25, 0.3) is 0 Å². The van der Waals surface area contributed by atoms with E-state index in [1.165, 1.54) is 14.2 Å². The number of hydrogen-bond donors (Lipinski definition) is 1. The van der Waals surface area contributed by atoms with Crippen molar-refractivity contribution in [3.63, 3.8) is 0 Å². The van der Waals surface area contributed by atoms with Crippen LogP contribution in [0.5, 0.6) is 11.5 Å². The second-order valence-electron chi connectivity index (χ2n) is 7.35. The monoisotopic (exact) mass is 439 g/mol. The van der Waals surface area contributed by atoms with Crippen LogP contribution in [-0.4, -0.2) is 60.2 Å². The molecule has 166 valence electrons. The van der Waals surface area contributed by atoms with Gasteiger partial charge < -0.3 is 14.7 Å². The van der Waals surface area contributed by atoms with Crippen molar-refractivity contribution >= 4 is 35.0 Å². The van der Waals surface area contributed by atoms with Crippen molar-refractivity contribution in [1.82, 2.24) is 5.06 Å². The molecule has 2 aromatic rings. The summed E-state index contributed by atoms with van der Waals surface area (Å²) in [6, 6.07) is 10.1. The summed E-state index contributed by atoms with van der Waals surface area (Å²) in [6.45, 7) is 0. The zero-order valence-electron chi connectivity index (χ0n) is 17.4. The van der Waals surface area contributed by atoms with Gasteiger partial charge in [0.1, 0.15) is 23.6 Å². The Morgan fingerprint density at radius 2 is 1.06 bits per heavy atom. The second kappa shape index (κ2) is 8.40. The fraction of sp³-hybridized carbons (Fsp3) is 0.273. The molecule has 2 saturated heterocycles. The molecular weight excluding hydrogens is 418 g/mol. The minimum Gasteiger partial charge on any atom is -0.497 e. The summed E-state index contributed by atoms with van der Waals surface area (Å²) in [6.07, 6.45) is -0.635. The molecule has 0 spiro atoms. The van der Waals surface area contributed by atoms with Gasteiger partial charge in [-0.05, 0) is 48.5 Å². The summed E-state index contributed by atoms with van der Waals surface area (Å²) in [5.74, 6) is -1.28. The van der Waals surface area contributed by atoms with E-state index in [1.54, 1.807) is 48.5 Å². The number of carbonyl (C=O) groups excluding carboxylic acids is 4. The van der Waals surface area contributed by atoms with Crippen molar-refractivity contribution < 1.29 is 33.9 Å². The molecule has 1 N–H and O–H groups in total. The summed E-state index contributed by atoms with van der Waals surface area (Å²) in [5.41, 5.74) is 0.649. The number of rotatable bonds is 6. The van der Waals surface area contributed by atoms with Gasteiger partial charge in [0.15, 0.2) is 0 Å². The highest BCUT2D eigenvalue weighted by atomic mass is 16.5. The van der Waals surface area contributed by atoms with Crippen LogP contribution in [-0.2, 0) is 19.2 Å². The summed E-state index contributed by atoms with van der Waals surface area (Å²) >= 11 is 0. The lowest BCUT2D eigenvalue weighted by Crippen LogP contribution is -2.49. The number of hydroxylamine groups is 2. The quantitative estimate of drug-likeness (QED) is 0.530. The minimum absolute atomic E-state index is 0.318. The number of methoxy groups -OCH3 is 2. The van der Waals surface area contributed by atoms with Crippen LogP contribution in [0.2, 0.25) is 0 Å². The van der Waals surface area contributed by atoms with Crippen LogP contribution in [0.3, 0.4) is 0 Å². The Balaban J connectivity index is 1.53. The van der Waals surface area contributed by atoms with E-state index in [4.69, 9.17) is 9.47 Å². The van der Waals surface area contributed by atoms with Crippen LogP contribution >= 0.6 is 0 Å². The molecule has 10 heteroatoms. The number of benzene rings is 2. The number of hydrogen-bond acceptors (Lipinski definition) is 8. The van der Waals surface area contributed by atoms with E-state index < -0.39 is 35.7 Å². The minimum atomic E-state index is -1.28.